The lowest BCUT2D eigenvalue weighted by Gasteiger charge is -2.37. The molecule has 1 saturated carbocycles. The number of hydrogen-bond acceptors (Lipinski definition) is 5. The monoisotopic (exact) mass is 441 g/mol. The molecule has 176 valence electrons. The number of nitrogens with zero attached hydrogens (tertiary/aromatic N) is 3. The second kappa shape index (κ2) is 9.03. The van der Waals surface area contributed by atoms with Gasteiger partial charge in [0, 0.05) is 58.2 Å². The number of carbonyl (C=O) groups is 1. The van der Waals surface area contributed by atoms with E-state index in [2.05, 4.69) is 34.7 Å². The maximum atomic E-state index is 14.2. The van der Waals surface area contributed by atoms with Gasteiger partial charge in [0.1, 0.15) is 0 Å². The van der Waals surface area contributed by atoms with Crippen LogP contribution in [-0.2, 0) is 27.2 Å². The number of rotatable bonds is 5. The molecule has 0 radical (unpaired) electrons. The van der Waals surface area contributed by atoms with Gasteiger partial charge in [0.05, 0.1) is 18.1 Å². The Kier molecular flexibility index (Phi) is 6.30. The van der Waals surface area contributed by atoms with Crippen LogP contribution in [0.3, 0.4) is 0 Å². The Balaban J connectivity index is 1.33. The highest BCUT2D eigenvalue weighted by Crippen LogP contribution is 2.54. The van der Waals surface area contributed by atoms with Gasteiger partial charge in [-0.25, -0.2) is 0 Å². The second-order valence-corrected chi connectivity index (χ2v) is 10.7. The standard InChI is InChI=1S/C26H39N3O3/c1-4-28-15-22-11-19(10-20-6-8-32-16-24(20)31-3)12-26(22,17-28)25(30)29-7-5-23-21(14-29)9-18(2)13-27-23/h9,13,19-20,22,24H,4-8,10-12,14-17H2,1-3H3/t19-,20?,22+,24?,26+/m1/s1. The van der Waals surface area contributed by atoms with E-state index in [-0.39, 0.29) is 11.5 Å². The third-order valence-corrected chi connectivity index (χ3v) is 8.75. The largest absolute Gasteiger partial charge is 0.379 e. The van der Waals surface area contributed by atoms with Gasteiger partial charge in [0.2, 0.25) is 5.91 Å². The Bertz CT molecular complexity index is 846. The number of pyridine rings is 1. The van der Waals surface area contributed by atoms with Crippen molar-refractivity contribution in [3.63, 3.8) is 0 Å². The Morgan fingerprint density at radius 3 is 3.09 bits per heavy atom. The van der Waals surface area contributed by atoms with Crippen LogP contribution in [0.1, 0.15) is 49.4 Å². The normalized spacial score (nSPS) is 35.0. The molecule has 5 rings (SSSR count). The van der Waals surface area contributed by atoms with Crippen LogP contribution in [0.25, 0.3) is 0 Å². The first kappa shape index (κ1) is 22.3. The van der Waals surface area contributed by atoms with Gasteiger partial charge in [-0.05, 0) is 68.0 Å². The van der Waals surface area contributed by atoms with E-state index in [9.17, 15) is 4.79 Å². The summed E-state index contributed by atoms with van der Waals surface area (Å²) in [7, 11) is 1.81. The average Bonchev–Trinajstić information content (AvgIpc) is 3.32. The molecule has 1 aromatic rings. The van der Waals surface area contributed by atoms with Gasteiger partial charge in [-0.2, -0.15) is 0 Å². The van der Waals surface area contributed by atoms with Gasteiger partial charge in [0.25, 0.3) is 0 Å². The van der Waals surface area contributed by atoms with Crippen molar-refractivity contribution in [3.8, 4) is 0 Å². The zero-order chi connectivity index (χ0) is 22.3. The summed E-state index contributed by atoms with van der Waals surface area (Å²) in [5.41, 5.74) is 3.38. The molecule has 0 N–H and O–H groups in total. The minimum atomic E-state index is -0.205. The van der Waals surface area contributed by atoms with E-state index in [0.717, 1.165) is 58.6 Å². The maximum Gasteiger partial charge on any atom is 0.230 e. The summed E-state index contributed by atoms with van der Waals surface area (Å²) in [6.45, 7) is 10.4. The molecular formula is C26H39N3O3. The SMILES string of the molecule is CCN1C[C@@H]2C[C@@H](CC3CCOCC3OC)C[C@]2(C(=O)N2CCc3ncc(C)cc3C2)C1. The van der Waals surface area contributed by atoms with Crippen molar-refractivity contribution in [1.29, 1.82) is 0 Å². The van der Waals surface area contributed by atoms with Crippen molar-refractivity contribution in [1.82, 2.24) is 14.8 Å². The van der Waals surface area contributed by atoms with Crippen LogP contribution in [0.4, 0.5) is 0 Å². The highest BCUT2D eigenvalue weighted by molar-refractivity contribution is 5.84. The number of likely N-dealkylation sites (tertiary alicyclic amines) is 1. The summed E-state index contributed by atoms with van der Waals surface area (Å²) in [4.78, 5) is 23.4. The summed E-state index contributed by atoms with van der Waals surface area (Å²) >= 11 is 0. The van der Waals surface area contributed by atoms with Crippen LogP contribution in [0.5, 0.6) is 0 Å². The molecule has 32 heavy (non-hydrogen) atoms. The third kappa shape index (κ3) is 3.99. The summed E-state index contributed by atoms with van der Waals surface area (Å²) in [5, 5.41) is 0. The first-order valence-corrected chi connectivity index (χ1v) is 12.6. The van der Waals surface area contributed by atoms with Crippen LogP contribution < -0.4 is 0 Å². The summed E-state index contributed by atoms with van der Waals surface area (Å²) < 4.78 is 11.4. The topological polar surface area (TPSA) is 54.9 Å². The van der Waals surface area contributed by atoms with Crippen LogP contribution in [-0.4, -0.2) is 73.3 Å². The minimum Gasteiger partial charge on any atom is -0.379 e. The lowest BCUT2D eigenvalue weighted by molar-refractivity contribution is -0.144. The number of amides is 1. The molecule has 3 fully saturated rings. The molecule has 0 spiro atoms. The molecule has 3 aliphatic heterocycles. The lowest BCUT2D eigenvalue weighted by Crippen LogP contribution is -2.48. The van der Waals surface area contributed by atoms with Gasteiger partial charge in [0.15, 0.2) is 0 Å². The molecule has 4 heterocycles. The number of aryl methyl sites for hydroxylation is 1. The van der Waals surface area contributed by atoms with Crippen molar-refractivity contribution < 1.29 is 14.3 Å². The first-order chi connectivity index (χ1) is 15.5. The van der Waals surface area contributed by atoms with Crippen molar-refractivity contribution >= 4 is 5.91 Å². The van der Waals surface area contributed by atoms with E-state index >= 15 is 0 Å². The number of hydrogen-bond donors (Lipinski definition) is 0. The van der Waals surface area contributed by atoms with Crippen LogP contribution in [0.2, 0.25) is 0 Å². The van der Waals surface area contributed by atoms with Gasteiger partial charge >= 0.3 is 0 Å². The molecular weight excluding hydrogens is 402 g/mol. The van der Waals surface area contributed by atoms with Gasteiger partial charge in [-0.1, -0.05) is 13.0 Å². The van der Waals surface area contributed by atoms with E-state index in [1.54, 1.807) is 0 Å². The fourth-order valence-electron chi connectivity index (χ4n) is 7.11. The van der Waals surface area contributed by atoms with Gasteiger partial charge < -0.3 is 19.3 Å². The Morgan fingerprint density at radius 2 is 2.28 bits per heavy atom. The van der Waals surface area contributed by atoms with Crippen molar-refractivity contribution in [2.45, 2.75) is 58.6 Å². The van der Waals surface area contributed by atoms with E-state index < -0.39 is 0 Å². The number of carbonyl (C=O) groups excluding carboxylic acids is 1. The molecule has 2 saturated heterocycles. The van der Waals surface area contributed by atoms with Gasteiger partial charge in [-0.3, -0.25) is 9.78 Å². The number of methoxy groups -OCH3 is 1. The third-order valence-electron chi connectivity index (χ3n) is 8.75. The summed E-state index contributed by atoms with van der Waals surface area (Å²) in [6, 6.07) is 2.22. The molecule has 1 aromatic heterocycles. The van der Waals surface area contributed by atoms with Crippen molar-refractivity contribution in [2.75, 3.05) is 46.5 Å². The molecule has 0 bridgehead atoms. The number of ether oxygens (including phenoxy) is 2. The predicted octanol–water partition coefficient (Wildman–Crippen LogP) is 3.06. The van der Waals surface area contributed by atoms with Crippen LogP contribution in [0, 0.1) is 30.1 Å². The van der Waals surface area contributed by atoms with Crippen molar-refractivity contribution in [3.05, 3.63) is 29.1 Å². The number of aromatic nitrogens is 1. The average molecular weight is 442 g/mol. The lowest BCUT2D eigenvalue weighted by atomic mass is 9.78. The zero-order valence-corrected chi connectivity index (χ0v) is 20.0. The minimum absolute atomic E-state index is 0.205. The second-order valence-electron chi connectivity index (χ2n) is 10.7. The maximum absolute atomic E-state index is 14.2. The zero-order valence-electron chi connectivity index (χ0n) is 20.0. The molecule has 5 atom stereocenters. The molecule has 6 nitrogen and oxygen atoms in total. The molecule has 1 aliphatic carbocycles. The highest BCUT2D eigenvalue weighted by Gasteiger charge is 2.58. The molecule has 6 heteroatoms. The van der Waals surface area contributed by atoms with E-state index in [0.29, 0.717) is 30.3 Å². The first-order valence-electron chi connectivity index (χ1n) is 12.6. The molecule has 4 aliphatic rings. The van der Waals surface area contributed by atoms with Gasteiger partial charge in [-0.15, -0.1) is 0 Å². The van der Waals surface area contributed by atoms with Crippen LogP contribution >= 0.6 is 0 Å². The van der Waals surface area contributed by atoms with E-state index in [4.69, 9.17) is 9.47 Å². The van der Waals surface area contributed by atoms with Crippen LogP contribution in [0.15, 0.2) is 12.3 Å². The quantitative estimate of drug-likeness (QED) is 0.703. The molecule has 2 unspecified atom stereocenters. The fraction of sp³-hybridized carbons (Fsp3) is 0.769. The number of fused-ring (bicyclic) bond motifs is 2. The predicted molar refractivity (Wildman–Crippen MR) is 123 cm³/mol. The smallest absolute Gasteiger partial charge is 0.230 e. The molecule has 1 amide bonds. The molecule has 0 aromatic carbocycles. The summed E-state index contributed by atoms with van der Waals surface area (Å²) in [5.74, 6) is 2.06. The van der Waals surface area contributed by atoms with Crippen molar-refractivity contribution in [2.24, 2.45) is 23.2 Å². The Labute approximate surface area is 192 Å². The highest BCUT2D eigenvalue weighted by atomic mass is 16.5. The van der Waals surface area contributed by atoms with E-state index in [1.807, 2.05) is 13.3 Å². The van der Waals surface area contributed by atoms with E-state index in [1.165, 1.54) is 29.7 Å². The Morgan fingerprint density at radius 1 is 1.41 bits per heavy atom. The summed E-state index contributed by atoms with van der Waals surface area (Å²) in [6.07, 6.45) is 7.50. The Hall–Kier alpha value is -1.50. The fourth-order valence-corrected chi connectivity index (χ4v) is 7.11.